The Kier molecular flexibility index (Phi) is 4.63. The van der Waals surface area contributed by atoms with Gasteiger partial charge in [0.1, 0.15) is 11.9 Å². The van der Waals surface area contributed by atoms with E-state index in [-0.39, 0.29) is 6.10 Å². The van der Waals surface area contributed by atoms with Crippen LogP contribution in [0.5, 0.6) is 5.75 Å². The highest BCUT2D eigenvalue weighted by molar-refractivity contribution is 6.32. The van der Waals surface area contributed by atoms with E-state index >= 15 is 0 Å². The maximum absolute atomic E-state index is 11.2. The molecule has 0 amide bonds. The minimum absolute atomic E-state index is 0.00567. The van der Waals surface area contributed by atoms with E-state index in [2.05, 4.69) is 4.74 Å². The summed E-state index contributed by atoms with van der Waals surface area (Å²) in [6.45, 7) is 1.23. The fourth-order valence-corrected chi connectivity index (χ4v) is 2.05. The lowest BCUT2D eigenvalue weighted by molar-refractivity contribution is -0.150. The zero-order chi connectivity index (χ0) is 13.8. The predicted octanol–water partition coefficient (Wildman–Crippen LogP) is 1.71. The molecule has 0 bridgehead atoms. The van der Waals surface area contributed by atoms with Gasteiger partial charge in [0.2, 0.25) is 0 Å². The van der Waals surface area contributed by atoms with Crippen molar-refractivity contribution in [2.75, 3.05) is 20.3 Å². The molecule has 2 unspecified atom stereocenters. The van der Waals surface area contributed by atoms with Crippen LogP contribution in [-0.2, 0) is 14.3 Å². The predicted molar refractivity (Wildman–Crippen MR) is 68.3 cm³/mol. The van der Waals surface area contributed by atoms with Crippen molar-refractivity contribution in [2.24, 2.45) is 0 Å². The van der Waals surface area contributed by atoms with Gasteiger partial charge in [0.15, 0.2) is 6.10 Å². The number of carbonyl (C=O) groups excluding carboxylic acids is 1. The zero-order valence-corrected chi connectivity index (χ0v) is 11.2. The molecular weight excluding hydrogens is 272 g/mol. The summed E-state index contributed by atoms with van der Waals surface area (Å²) in [7, 11) is 1.21. The van der Waals surface area contributed by atoms with E-state index in [1.165, 1.54) is 13.2 Å². The SMILES string of the molecule is COC(=O)C(O)c1ccc(OC2CCOC2)c(Cl)c1. The molecule has 0 saturated carbocycles. The first-order valence-corrected chi connectivity index (χ1v) is 6.29. The summed E-state index contributed by atoms with van der Waals surface area (Å²) in [5.74, 6) is -0.216. The monoisotopic (exact) mass is 286 g/mol. The number of aliphatic hydroxyl groups excluding tert-OH is 1. The minimum Gasteiger partial charge on any atom is -0.486 e. The van der Waals surface area contributed by atoms with Crippen molar-refractivity contribution in [2.45, 2.75) is 18.6 Å². The zero-order valence-electron chi connectivity index (χ0n) is 10.5. The van der Waals surface area contributed by atoms with Gasteiger partial charge < -0.3 is 19.3 Å². The van der Waals surface area contributed by atoms with Gasteiger partial charge in [-0.1, -0.05) is 17.7 Å². The highest BCUT2D eigenvalue weighted by Crippen LogP contribution is 2.30. The van der Waals surface area contributed by atoms with Gasteiger partial charge in [-0.3, -0.25) is 0 Å². The average Bonchev–Trinajstić information content (AvgIpc) is 2.92. The first-order chi connectivity index (χ1) is 9.11. The third-order valence-electron chi connectivity index (χ3n) is 2.88. The summed E-state index contributed by atoms with van der Waals surface area (Å²) in [5.41, 5.74) is 0.367. The number of halogens is 1. The van der Waals surface area contributed by atoms with Gasteiger partial charge in [-0.2, -0.15) is 0 Å². The van der Waals surface area contributed by atoms with Gasteiger partial charge in [-0.05, 0) is 17.7 Å². The smallest absolute Gasteiger partial charge is 0.339 e. The number of hydrogen-bond donors (Lipinski definition) is 1. The largest absolute Gasteiger partial charge is 0.486 e. The Morgan fingerprint density at radius 3 is 2.95 bits per heavy atom. The molecule has 1 N–H and O–H groups in total. The van der Waals surface area contributed by atoms with Crippen molar-refractivity contribution in [1.82, 2.24) is 0 Å². The molecule has 5 nitrogen and oxygen atoms in total. The molecule has 0 aliphatic carbocycles. The molecule has 19 heavy (non-hydrogen) atoms. The molecule has 1 aliphatic rings. The lowest BCUT2D eigenvalue weighted by atomic mass is 10.1. The molecule has 0 radical (unpaired) electrons. The van der Waals surface area contributed by atoms with Crippen LogP contribution >= 0.6 is 11.6 Å². The van der Waals surface area contributed by atoms with Crippen LogP contribution < -0.4 is 4.74 Å². The summed E-state index contributed by atoms with van der Waals surface area (Å²) in [5, 5.41) is 10.0. The van der Waals surface area contributed by atoms with Crippen LogP contribution in [0.15, 0.2) is 18.2 Å². The molecule has 104 valence electrons. The second-order valence-corrected chi connectivity index (χ2v) is 4.63. The number of aliphatic hydroxyl groups is 1. The molecule has 1 fully saturated rings. The molecule has 2 atom stereocenters. The molecule has 0 aromatic heterocycles. The molecule has 6 heteroatoms. The number of carbonyl (C=O) groups is 1. The molecule has 0 spiro atoms. The summed E-state index contributed by atoms with van der Waals surface area (Å²) in [6.07, 6.45) is -0.525. The van der Waals surface area contributed by atoms with Gasteiger partial charge in [0.25, 0.3) is 0 Å². The van der Waals surface area contributed by atoms with E-state index in [0.29, 0.717) is 29.5 Å². The van der Waals surface area contributed by atoms with Crippen molar-refractivity contribution in [3.63, 3.8) is 0 Å². The minimum atomic E-state index is -1.34. The summed E-state index contributed by atoms with van der Waals surface area (Å²) < 4.78 is 15.3. The van der Waals surface area contributed by atoms with Crippen LogP contribution in [0.2, 0.25) is 5.02 Å². The standard InChI is InChI=1S/C13H15ClO5/c1-17-13(16)12(15)8-2-3-11(10(14)6-8)19-9-4-5-18-7-9/h2-3,6,9,12,15H,4-5,7H2,1H3. The molecule has 1 heterocycles. The number of methoxy groups -OCH3 is 1. The molecular formula is C13H15ClO5. The maximum atomic E-state index is 11.2. The molecule has 1 saturated heterocycles. The van der Waals surface area contributed by atoms with Crippen LogP contribution in [0, 0.1) is 0 Å². The molecule has 1 aliphatic heterocycles. The first-order valence-electron chi connectivity index (χ1n) is 5.91. The van der Waals surface area contributed by atoms with Crippen LogP contribution in [0.1, 0.15) is 18.1 Å². The Morgan fingerprint density at radius 1 is 1.58 bits per heavy atom. The third kappa shape index (κ3) is 3.37. The number of ether oxygens (including phenoxy) is 3. The van der Waals surface area contributed by atoms with Crippen molar-refractivity contribution in [3.8, 4) is 5.75 Å². The van der Waals surface area contributed by atoms with Gasteiger partial charge in [0.05, 0.1) is 25.3 Å². The Balaban J connectivity index is 2.10. The molecule has 1 aromatic carbocycles. The lowest BCUT2D eigenvalue weighted by Crippen LogP contribution is -2.16. The van der Waals surface area contributed by atoms with Gasteiger partial charge in [0, 0.05) is 6.42 Å². The van der Waals surface area contributed by atoms with Gasteiger partial charge in [-0.25, -0.2) is 4.79 Å². The van der Waals surface area contributed by atoms with E-state index < -0.39 is 12.1 Å². The van der Waals surface area contributed by atoms with E-state index in [0.717, 1.165) is 6.42 Å². The fraction of sp³-hybridized carbons (Fsp3) is 0.462. The first kappa shape index (κ1) is 14.1. The highest BCUT2D eigenvalue weighted by Gasteiger charge is 2.21. The van der Waals surface area contributed by atoms with Gasteiger partial charge in [-0.15, -0.1) is 0 Å². The topological polar surface area (TPSA) is 65.0 Å². The van der Waals surface area contributed by atoms with E-state index in [1.54, 1.807) is 12.1 Å². The van der Waals surface area contributed by atoms with E-state index in [4.69, 9.17) is 21.1 Å². The number of esters is 1. The quantitative estimate of drug-likeness (QED) is 0.854. The van der Waals surface area contributed by atoms with Crippen LogP contribution in [0.4, 0.5) is 0 Å². The summed E-state index contributed by atoms with van der Waals surface area (Å²) >= 11 is 6.07. The highest BCUT2D eigenvalue weighted by atomic mass is 35.5. The molecule has 1 aromatic rings. The van der Waals surface area contributed by atoms with Crippen molar-refractivity contribution >= 4 is 17.6 Å². The Bertz CT molecular complexity index is 456. The Hall–Kier alpha value is -1.30. The van der Waals surface area contributed by atoms with Crippen molar-refractivity contribution in [3.05, 3.63) is 28.8 Å². The van der Waals surface area contributed by atoms with Crippen molar-refractivity contribution < 1.29 is 24.1 Å². The summed E-state index contributed by atoms with van der Waals surface area (Å²) in [4.78, 5) is 11.2. The fourth-order valence-electron chi connectivity index (χ4n) is 1.82. The van der Waals surface area contributed by atoms with Crippen molar-refractivity contribution in [1.29, 1.82) is 0 Å². The second-order valence-electron chi connectivity index (χ2n) is 4.22. The maximum Gasteiger partial charge on any atom is 0.339 e. The van der Waals surface area contributed by atoms with Crippen LogP contribution in [-0.4, -0.2) is 37.5 Å². The molecule has 2 rings (SSSR count). The van der Waals surface area contributed by atoms with E-state index in [9.17, 15) is 9.90 Å². The number of hydrogen-bond acceptors (Lipinski definition) is 5. The Morgan fingerprint density at radius 2 is 2.37 bits per heavy atom. The lowest BCUT2D eigenvalue weighted by Gasteiger charge is -2.15. The number of benzene rings is 1. The van der Waals surface area contributed by atoms with Crippen LogP contribution in [0.25, 0.3) is 0 Å². The van der Waals surface area contributed by atoms with E-state index in [1.807, 2.05) is 0 Å². The third-order valence-corrected chi connectivity index (χ3v) is 3.17. The van der Waals surface area contributed by atoms with Crippen LogP contribution in [0.3, 0.4) is 0 Å². The summed E-state index contributed by atoms with van der Waals surface area (Å²) in [6, 6.07) is 4.70. The normalized spacial score (nSPS) is 20.1. The Labute approximate surface area is 116 Å². The number of rotatable bonds is 4. The second kappa shape index (κ2) is 6.23. The van der Waals surface area contributed by atoms with Gasteiger partial charge >= 0.3 is 5.97 Å². The average molecular weight is 287 g/mol.